The molecule has 4 heteroatoms. The van der Waals surface area contributed by atoms with Crippen molar-refractivity contribution >= 4 is 5.91 Å². The Kier molecular flexibility index (Phi) is 5.39. The Morgan fingerprint density at radius 2 is 2.24 bits per heavy atom. The normalized spacial score (nSPS) is 10.8. The lowest BCUT2D eigenvalue weighted by molar-refractivity contribution is 0.0536. The molecule has 1 rings (SSSR count). The van der Waals surface area contributed by atoms with E-state index in [9.17, 15) is 4.79 Å². The number of rotatable bonds is 5. The van der Waals surface area contributed by atoms with Crippen LogP contribution in [0.1, 0.15) is 21.5 Å². The quantitative estimate of drug-likeness (QED) is 0.598. The molecule has 1 amide bonds. The van der Waals surface area contributed by atoms with E-state index in [1.165, 1.54) is 7.11 Å². The minimum absolute atomic E-state index is 0.00542. The van der Waals surface area contributed by atoms with Crippen molar-refractivity contribution in [3.05, 3.63) is 47.0 Å². The van der Waals surface area contributed by atoms with Crippen molar-refractivity contribution in [3.63, 3.8) is 0 Å². The molecule has 0 heterocycles. The summed E-state index contributed by atoms with van der Waals surface area (Å²) >= 11 is 0. The third-order valence-electron chi connectivity index (χ3n) is 2.31. The molecule has 4 nitrogen and oxygen atoms in total. The van der Waals surface area contributed by atoms with E-state index in [1.54, 1.807) is 6.08 Å². The Bertz CT molecular complexity index is 413. The molecule has 92 valence electrons. The zero-order valence-electron chi connectivity index (χ0n) is 10.1. The fourth-order valence-corrected chi connectivity index (χ4v) is 1.51. The number of nitrogens with one attached hydrogen (secondary N) is 1. The van der Waals surface area contributed by atoms with Crippen molar-refractivity contribution in [1.82, 2.24) is 5.48 Å². The van der Waals surface area contributed by atoms with Crippen LogP contribution in [0.15, 0.2) is 30.4 Å². The maximum atomic E-state index is 11.7. The van der Waals surface area contributed by atoms with Gasteiger partial charge in [0.2, 0.25) is 0 Å². The number of aliphatic hydroxyl groups excluding tert-OH is 1. The van der Waals surface area contributed by atoms with Gasteiger partial charge < -0.3 is 5.11 Å². The first-order valence-corrected chi connectivity index (χ1v) is 5.37. The first kappa shape index (κ1) is 13.4. The van der Waals surface area contributed by atoms with Crippen LogP contribution in [0.4, 0.5) is 0 Å². The monoisotopic (exact) mass is 235 g/mol. The molecular weight excluding hydrogens is 218 g/mol. The number of aryl methyl sites for hydroxylation is 1. The summed E-state index contributed by atoms with van der Waals surface area (Å²) in [5.41, 5.74) is 4.81. The summed E-state index contributed by atoms with van der Waals surface area (Å²) in [6, 6.07) is 5.67. The van der Waals surface area contributed by atoms with Crippen molar-refractivity contribution in [2.75, 3.05) is 13.7 Å². The number of amides is 1. The third-order valence-corrected chi connectivity index (χ3v) is 2.31. The van der Waals surface area contributed by atoms with Crippen molar-refractivity contribution in [3.8, 4) is 0 Å². The van der Waals surface area contributed by atoms with Crippen LogP contribution in [0, 0.1) is 6.92 Å². The highest BCUT2D eigenvalue weighted by Crippen LogP contribution is 2.13. The van der Waals surface area contributed by atoms with E-state index in [2.05, 4.69) is 10.3 Å². The molecule has 0 saturated heterocycles. The number of hydrogen-bond acceptors (Lipinski definition) is 3. The molecular formula is C13H17NO3. The highest BCUT2D eigenvalue weighted by atomic mass is 16.6. The van der Waals surface area contributed by atoms with Crippen molar-refractivity contribution in [2.24, 2.45) is 0 Å². The van der Waals surface area contributed by atoms with Gasteiger partial charge in [-0.3, -0.25) is 9.63 Å². The van der Waals surface area contributed by atoms with E-state index in [0.717, 1.165) is 11.1 Å². The summed E-state index contributed by atoms with van der Waals surface area (Å²) in [5, 5.41) is 8.67. The SMILES string of the molecule is CONC(=O)c1cc(C)ccc1CC=CCO. The molecule has 0 saturated carbocycles. The molecule has 1 aromatic carbocycles. The summed E-state index contributed by atoms with van der Waals surface area (Å²) < 4.78 is 0. The molecule has 0 aliphatic heterocycles. The van der Waals surface area contributed by atoms with Gasteiger partial charge in [0.25, 0.3) is 5.91 Å². The van der Waals surface area contributed by atoms with Gasteiger partial charge in [0.15, 0.2) is 0 Å². The Morgan fingerprint density at radius 1 is 1.47 bits per heavy atom. The zero-order chi connectivity index (χ0) is 12.7. The lowest BCUT2D eigenvalue weighted by Gasteiger charge is -2.08. The molecule has 2 N–H and O–H groups in total. The summed E-state index contributed by atoms with van der Waals surface area (Å²) in [7, 11) is 1.40. The zero-order valence-corrected chi connectivity index (χ0v) is 10.1. The summed E-state index contributed by atoms with van der Waals surface area (Å²) in [6.07, 6.45) is 4.08. The van der Waals surface area contributed by atoms with Crippen LogP contribution < -0.4 is 5.48 Å². The van der Waals surface area contributed by atoms with Crippen LogP contribution in [0.3, 0.4) is 0 Å². The Hall–Kier alpha value is -1.65. The summed E-state index contributed by atoms with van der Waals surface area (Å²) in [5.74, 6) is -0.261. The summed E-state index contributed by atoms with van der Waals surface area (Å²) in [4.78, 5) is 16.4. The summed E-state index contributed by atoms with van der Waals surface area (Å²) in [6.45, 7) is 1.93. The molecule has 0 atom stereocenters. The number of carbonyl (C=O) groups is 1. The largest absolute Gasteiger partial charge is 0.392 e. The second kappa shape index (κ2) is 6.83. The van der Waals surface area contributed by atoms with Gasteiger partial charge in [-0.2, -0.15) is 0 Å². The van der Waals surface area contributed by atoms with Gasteiger partial charge in [0, 0.05) is 5.56 Å². The molecule has 0 fully saturated rings. The van der Waals surface area contributed by atoms with Crippen molar-refractivity contribution in [1.29, 1.82) is 0 Å². The topological polar surface area (TPSA) is 58.6 Å². The number of allylic oxidation sites excluding steroid dienone is 1. The number of hydroxylamine groups is 1. The highest BCUT2D eigenvalue weighted by Gasteiger charge is 2.10. The van der Waals surface area contributed by atoms with E-state index in [4.69, 9.17) is 5.11 Å². The number of aliphatic hydroxyl groups is 1. The standard InChI is InChI=1S/C13H17NO3/c1-10-6-7-11(5-3-4-8-15)12(9-10)13(16)14-17-2/h3-4,6-7,9,15H,5,8H2,1-2H3,(H,14,16). The smallest absolute Gasteiger partial charge is 0.275 e. The number of carbonyl (C=O) groups excluding carboxylic acids is 1. The Morgan fingerprint density at radius 3 is 2.88 bits per heavy atom. The highest BCUT2D eigenvalue weighted by molar-refractivity contribution is 5.95. The molecule has 0 aliphatic carbocycles. The van der Waals surface area contributed by atoms with Crippen molar-refractivity contribution < 1.29 is 14.7 Å². The molecule has 17 heavy (non-hydrogen) atoms. The van der Waals surface area contributed by atoms with Crippen LogP contribution >= 0.6 is 0 Å². The van der Waals surface area contributed by atoms with Gasteiger partial charge >= 0.3 is 0 Å². The number of hydrogen-bond donors (Lipinski definition) is 2. The predicted molar refractivity (Wildman–Crippen MR) is 65.6 cm³/mol. The van der Waals surface area contributed by atoms with Gasteiger partial charge in [-0.1, -0.05) is 29.8 Å². The van der Waals surface area contributed by atoms with Crippen LogP contribution in [0.25, 0.3) is 0 Å². The van der Waals surface area contributed by atoms with E-state index in [-0.39, 0.29) is 12.5 Å². The molecule has 0 unspecified atom stereocenters. The molecule has 0 radical (unpaired) electrons. The van der Waals surface area contributed by atoms with Gasteiger partial charge in [0.1, 0.15) is 0 Å². The first-order chi connectivity index (χ1) is 8.19. The van der Waals surface area contributed by atoms with Crippen LogP contribution in [-0.4, -0.2) is 24.7 Å². The van der Waals surface area contributed by atoms with Gasteiger partial charge in [0.05, 0.1) is 13.7 Å². The lowest BCUT2D eigenvalue weighted by Crippen LogP contribution is -2.23. The van der Waals surface area contributed by atoms with Crippen LogP contribution in [0.5, 0.6) is 0 Å². The molecule has 0 bridgehead atoms. The van der Waals surface area contributed by atoms with E-state index < -0.39 is 0 Å². The third kappa shape index (κ3) is 4.01. The predicted octanol–water partition coefficient (Wildman–Crippen LogP) is 1.38. The maximum Gasteiger partial charge on any atom is 0.275 e. The average Bonchev–Trinajstić information content (AvgIpc) is 2.31. The fourth-order valence-electron chi connectivity index (χ4n) is 1.51. The molecule has 0 aliphatic rings. The Labute approximate surface area is 101 Å². The van der Waals surface area contributed by atoms with E-state index in [1.807, 2.05) is 31.2 Å². The van der Waals surface area contributed by atoms with Crippen molar-refractivity contribution in [2.45, 2.75) is 13.3 Å². The number of benzene rings is 1. The lowest BCUT2D eigenvalue weighted by atomic mass is 10.0. The molecule has 0 aromatic heterocycles. The maximum absolute atomic E-state index is 11.7. The fraction of sp³-hybridized carbons (Fsp3) is 0.308. The minimum Gasteiger partial charge on any atom is -0.392 e. The molecule has 1 aromatic rings. The van der Waals surface area contributed by atoms with E-state index in [0.29, 0.717) is 12.0 Å². The van der Waals surface area contributed by atoms with Gasteiger partial charge in [-0.05, 0) is 25.0 Å². The second-order valence-corrected chi connectivity index (χ2v) is 3.65. The van der Waals surface area contributed by atoms with Gasteiger partial charge in [-0.15, -0.1) is 0 Å². The average molecular weight is 235 g/mol. The first-order valence-electron chi connectivity index (χ1n) is 5.37. The molecule has 0 spiro atoms. The minimum atomic E-state index is -0.261. The van der Waals surface area contributed by atoms with Gasteiger partial charge in [-0.25, -0.2) is 5.48 Å². The van der Waals surface area contributed by atoms with Crippen LogP contribution in [0.2, 0.25) is 0 Å². The Balaban J connectivity index is 2.95. The van der Waals surface area contributed by atoms with Crippen LogP contribution in [-0.2, 0) is 11.3 Å². The van der Waals surface area contributed by atoms with E-state index >= 15 is 0 Å². The second-order valence-electron chi connectivity index (χ2n) is 3.65.